The number of nitrogens with zero attached hydrogens (tertiary/aromatic N) is 1. The lowest BCUT2D eigenvalue weighted by Gasteiger charge is -2.32. The number of sulfonamides is 1. The Kier molecular flexibility index (Phi) is 6.60. The van der Waals surface area contributed by atoms with Crippen molar-refractivity contribution in [2.45, 2.75) is 23.8 Å². The van der Waals surface area contributed by atoms with Gasteiger partial charge in [0.25, 0.3) is 15.9 Å². The van der Waals surface area contributed by atoms with Gasteiger partial charge in [-0.3, -0.25) is 9.52 Å². The van der Waals surface area contributed by atoms with Gasteiger partial charge in [-0.2, -0.15) is 0 Å². The number of halogens is 2. The zero-order valence-electron chi connectivity index (χ0n) is 17.6. The number of piperidine rings is 1. The van der Waals surface area contributed by atoms with Gasteiger partial charge in [0, 0.05) is 43.2 Å². The molecule has 6 nitrogen and oxygen atoms in total. The topological polar surface area (TPSA) is 75.7 Å². The number of carbonyl (C=O) groups is 1. The molecule has 0 unspecified atom stereocenters. The molecule has 0 bridgehead atoms. The molecule has 1 fully saturated rings. The van der Waals surface area contributed by atoms with Crippen molar-refractivity contribution in [3.8, 4) is 5.75 Å². The number of ether oxygens (including phenoxy) is 1. The highest BCUT2D eigenvalue weighted by molar-refractivity contribution is 7.92. The van der Waals surface area contributed by atoms with Crippen molar-refractivity contribution < 1.29 is 26.7 Å². The number of carbonyl (C=O) groups excluding carboxylic acids is 1. The molecule has 3 aromatic rings. The Morgan fingerprint density at radius 3 is 2.24 bits per heavy atom. The minimum atomic E-state index is -3.71. The van der Waals surface area contributed by atoms with Crippen molar-refractivity contribution in [1.82, 2.24) is 4.90 Å². The van der Waals surface area contributed by atoms with Gasteiger partial charge < -0.3 is 9.64 Å². The Balaban J connectivity index is 1.33. The van der Waals surface area contributed by atoms with Crippen LogP contribution < -0.4 is 9.46 Å². The number of rotatable bonds is 6. The zero-order chi connectivity index (χ0) is 23.4. The van der Waals surface area contributed by atoms with Gasteiger partial charge in [0.2, 0.25) is 0 Å². The van der Waals surface area contributed by atoms with Crippen LogP contribution in [0.15, 0.2) is 77.7 Å². The van der Waals surface area contributed by atoms with Gasteiger partial charge in [-0.05, 0) is 48.5 Å². The Bertz CT molecular complexity index is 1230. The summed E-state index contributed by atoms with van der Waals surface area (Å²) >= 11 is 0. The summed E-state index contributed by atoms with van der Waals surface area (Å²) in [4.78, 5) is 14.6. The lowest BCUT2D eigenvalue weighted by Crippen LogP contribution is -2.41. The van der Waals surface area contributed by atoms with Gasteiger partial charge in [0.05, 0.1) is 4.90 Å². The molecule has 0 radical (unpaired) electrons. The van der Waals surface area contributed by atoms with Gasteiger partial charge in [0.15, 0.2) is 11.6 Å². The number of anilines is 1. The predicted molar refractivity (Wildman–Crippen MR) is 120 cm³/mol. The van der Waals surface area contributed by atoms with Gasteiger partial charge in [-0.1, -0.05) is 18.2 Å². The molecule has 0 aromatic heterocycles. The monoisotopic (exact) mass is 472 g/mol. The molecule has 0 saturated carbocycles. The van der Waals surface area contributed by atoms with E-state index in [1.165, 1.54) is 18.2 Å². The van der Waals surface area contributed by atoms with Crippen LogP contribution in [0.3, 0.4) is 0 Å². The summed E-state index contributed by atoms with van der Waals surface area (Å²) in [6.45, 7) is 0.851. The number of hydrogen-bond acceptors (Lipinski definition) is 4. The second-order valence-corrected chi connectivity index (χ2v) is 9.36. The third-order valence-corrected chi connectivity index (χ3v) is 6.75. The van der Waals surface area contributed by atoms with Gasteiger partial charge in [-0.15, -0.1) is 0 Å². The standard InChI is InChI=1S/C24H22F2N2O4S/c25-18-8-11-23(22(26)16-18)32-20-12-14-28(15-13-20)24(29)17-6-9-19(10-7-17)27-33(30,31)21-4-2-1-3-5-21/h1-11,16,20,27H,12-15H2. The van der Waals surface area contributed by atoms with E-state index in [9.17, 15) is 22.0 Å². The van der Waals surface area contributed by atoms with Crippen LogP contribution in [0.5, 0.6) is 5.75 Å². The van der Waals surface area contributed by atoms with Crippen LogP contribution in [-0.2, 0) is 10.0 Å². The molecule has 4 rings (SSSR count). The van der Waals surface area contributed by atoms with E-state index in [0.717, 1.165) is 12.1 Å². The summed E-state index contributed by atoms with van der Waals surface area (Å²) in [5.41, 5.74) is 0.783. The molecular weight excluding hydrogens is 450 g/mol. The summed E-state index contributed by atoms with van der Waals surface area (Å²) < 4.78 is 59.8. The number of likely N-dealkylation sites (tertiary alicyclic amines) is 1. The lowest BCUT2D eigenvalue weighted by molar-refractivity contribution is 0.0588. The summed E-state index contributed by atoms with van der Waals surface area (Å²) in [7, 11) is -3.71. The highest BCUT2D eigenvalue weighted by atomic mass is 32.2. The van der Waals surface area contributed by atoms with Crippen LogP contribution in [0, 0.1) is 11.6 Å². The van der Waals surface area contributed by atoms with Gasteiger partial charge in [0.1, 0.15) is 11.9 Å². The van der Waals surface area contributed by atoms with Crippen molar-refractivity contribution in [3.05, 3.63) is 90.0 Å². The third-order valence-electron chi connectivity index (χ3n) is 5.35. The molecule has 0 atom stereocenters. The molecule has 3 aromatic carbocycles. The first-order valence-electron chi connectivity index (χ1n) is 10.4. The zero-order valence-corrected chi connectivity index (χ0v) is 18.4. The molecule has 9 heteroatoms. The quantitative estimate of drug-likeness (QED) is 0.575. The van der Waals surface area contributed by atoms with Crippen LogP contribution in [0.2, 0.25) is 0 Å². The Morgan fingerprint density at radius 2 is 1.61 bits per heavy atom. The highest BCUT2D eigenvalue weighted by Crippen LogP contribution is 2.24. The number of amides is 1. The predicted octanol–water partition coefficient (Wildman–Crippen LogP) is 4.45. The van der Waals surface area contributed by atoms with E-state index in [1.807, 2.05) is 0 Å². The van der Waals surface area contributed by atoms with Gasteiger partial charge in [-0.25, -0.2) is 17.2 Å². The van der Waals surface area contributed by atoms with E-state index in [4.69, 9.17) is 4.74 Å². The number of hydrogen-bond donors (Lipinski definition) is 1. The second kappa shape index (κ2) is 9.58. The molecule has 1 aliphatic rings. The molecule has 33 heavy (non-hydrogen) atoms. The Hall–Kier alpha value is -3.46. The van der Waals surface area contributed by atoms with Crippen molar-refractivity contribution in [1.29, 1.82) is 0 Å². The summed E-state index contributed by atoms with van der Waals surface area (Å²) in [5, 5.41) is 0. The molecule has 1 heterocycles. The average Bonchev–Trinajstić information content (AvgIpc) is 2.82. The molecule has 1 saturated heterocycles. The fourth-order valence-corrected chi connectivity index (χ4v) is 4.68. The van der Waals surface area contributed by atoms with E-state index in [0.29, 0.717) is 37.2 Å². The van der Waals surface area contributed by atoms with E-state index >= 15 is 0 Å². The second-order valence-electron chi connectivity index (χ2n) is 7.68. The molecule has 172 valence electrons. The van der Waals surface area contributed by atoms with Crippen LogP contribution >= 0.6 is 0 Å². The lowest BCUT2D eigenvalue weighted by atomic mass is 10.1. The van der Waals surface area contributed by atoms with E-state index < -0.39 is 21.7 Å². The fourth-order valence-electron chi connectivity index (χ4n) is 3.60. The largest absolute Gasteiger partial charge is 0.487 e. The summed E-state index contributed by atoms with van der Waals surface area (Å²) in [5.74, 6) is -1.61. The van der Waals surface area contributed by atoms with Crippen LogP contribution in [0.1, 0.15) is 23.2 Å². The number of benzene rings is 3. The van der Waals surface area contributed by atoms with Crippen LogP contribution in [-0.4, -0.2) is 38.4 Å². The van der Waals surface area contributed by atoms with Crippen molar-refractivity contribution >= 4 is 21.6 Å². The maximum Gasteiger partial charge on any atom is 0.261 e. The SMILES string of the molecule is O=C(c1ccc(NS(=O)(=O)c2ccccc2)cc1)N1CCC(Oc2ccc(F)cc2F)CC1. The Morgan fingerprint density at radius 1 is 0.939 bits per heavy atom. The molecule has 0 spiro atoms. The van der Waals surface area contributed by atoms with Crippen molar-refractivity contribution in [3.63, 3.8) is 0 Å². The minimum Gasteiger partial charge on any atom is -0.487 e. The molecular formula is C24H22F2N2O4S. The molecule has 0 aliphatic carbocycles. The fraction of sp³-hybridized carbons (Fsp3) is 0.208. The number of nitrogens with one attached hydrogen (secondary N) is 1. The summed E-state index contributed by atoms with van der Waals surface area (Å²) in [6.07, 6.45) is 0.749. The van der Waals surface area contributed by atoms with Gasteiger partial charge >= 0.3 is 0 Å². The van der Waals surface area contributed by atoms with E-state index in [-0.39, 0.29) is 22.7 Å². The average molecular weight is 473 g/mol. The maximum atomic E-state index is 13.8. The first kappa shape index (κ1) is 22.7. The third kappa shape index (κ3) is 5.48. The molecule has 1 aliphatic heterocycles. The molecule has 1 N–H and O–H groups in total. The smallest absolute Gasteiger partial charge is 0.261 e. The highest BCUT2D eigenvalue weighted by Gasteiger charge is 2.25. The van der Waals surface area contributed by atoms with Crippen molar-refractivity contribution in [2.75, 3.05) is 17.8 Å². The van der Waals surface area contributed by atoms with Crippen molar-refractivity contribution in [2.24, 2.45) is 0 Å². The minimum absolute atomic E-state index is 0.00489. The molecule has 1 amide bonds. The Labute approximate surface area is 190 Å². The summed E-state index contributed by atoms with van der Waals surface area (Å²) in [6, 6.07) is 17.4. The van der Waals surface area contributed by atoms with Crippen LogP contribution in [0.25, 0.3) is 0 Å². The normalized spacial score (nSPS) is 14.7. The first-order valence-corrected chi connectivity index (χ1v) is 11.9. The van der Waals surface area contributed by atoms with E-state index in [1.54, 1.807) is 47.4 Å². The van der Waals surface area contributed by atoms with Crippen LogP contribution in [0.4, 0.5) is 14.5 Å². The first-order chi connectivity index (χ1) is 15.8. The maximum absolute atomic E-state index is 13.8. The van der Waals surface area contributed by atoms with E-state index in [2.05, 4.69) is 4.72 Å².